The van der Waals surface area contributed by atoms with Crippen LogP contribution in [0.1, 0.15) is 14.5 Å². The monoisotopic (exact) mass is 361 g/mol. The molecule has 2 heterocycles. The predicted octanol–water partition coefficient (Wildman–Crippen LogP) is 4.56. The summed E-state index contributed by atoms with van der Waals surface area (Å²) >= 11 is 2.75. The molecule has 3 rings (SSSR count). The summed E-state index contributed by atoms with van der Waals surface area (Å²) in [5.41, 5.74) is 2.61. The first-order chi connectivity index (χ1) is 11.5. The molecular weight excluding hydrogens is 346 g/mol. The molecule has 0 aliphatic rings. The number of thiazole rings is 1. The van der Waals surface area contributed by atoms with E-state index < -0.39 is 5.97 Å². The predicted molar refractivity (Wildman–Crippen MR) is 95.7 cm³/mol. The van der Waals surface area contributed by atoms with Gasteiger partial charge < -0.3 is 14.6 Å². The Morgan fingerprint density at radius 2 is 1.92 bits per heavy atom. The number of nitrogens with zero attached hydrogens (tertiary/aromatic N) is 1. The Morgan fingerprint density at radius 1 is 1.17 bits per heavy atom. The van der Waals surface area contributed by atoms with Crippen molar-refractivity contribution in [2.75, 3.05) is 14.2 Å². The minimum Gasteiger partial charge on any atom is -0.493 e. The van der Waals surface area contributed by atoms with Gasteiger partial charge in [-0.3, -0.25) is 0 Å². The number of aromatic carboxylic acids is 1. The Labute approximate surface area is 147 Å². The van der Waals surface area contributed by atoms with E-state index in [1.54, 1.807) is 20.3 Å². The van der Waals surface area contributed by atoms with Gasteiger partial charge in [-0.1, -0.05) is 0 Å². The van der Waals surface area contributed by atoms with Crippen LogP contribution in [-0.4, -0.2) is 30.3 Å². The quantitative estimate of drug-likeness (QED) is 0.721. The van der Waals surface area contributed by atoms with Gasteiger partial charge in [0.2, 0.25) is 0 Å². The highest BCUT2D eigenvalue weighted by Crippen LogP contribution is 2.37. The van der Waals surface area contributed by atoms with Crippen LogP contribution in [0.25, 0.3) is 21.8 Å². The van der Waals surface area contributed by atoms with E-state index in [-0.39, 0.29) is 0 Å². The highest BCUT2D eigenvalue weighted by atomic mass is 32.1. The van der Waals surface area contributed by atoms with Crippen LogP contribution in [-0.2, 0) is 0 Å². The summed E-state index contributed by atoms with van der Waals surface area (Å²) in [6.07, 6.45) is 0. The van der Waals surface area contributed by atoms with Crippen LogP contribution in [0.15, 0.2) is 29.6 Å². The molecule has 5 nitrogen and oxygen atoms in total. The molecule has 2 aromatic heterocycles. The molecule has 0 atom stereocenters. The van der Waals surface area contributed by atoms with Gasteiger partial charge in [-0.25, -0.2) is 9.78 Å². The molecule has 0 radical (unpaired) electrons. The molecular formula is C17H15NO4S2. The summed E-state index contributed by atoms with van der Waals surface area (Å²) < 4.78 is 10.6. The number of benzene rings is 1. The van der Waals surface area contributed by atoms with Crippen LogP contribution in [0, 0.1) is 6.92 Å². The van der Waals surface area contributed by atoms with Gasteiger partial charge in [0, 0.05) is 21.4 Å². The Morgan fingerprint density at radius 3 is 2.54 bits per heavy atom. The van der Waals surface area contributed by atoms with Crippen molar-refractivity contribution in [1.82, 2.24) is 4.98 Å². The van der Waals surface area contributed by atoms with Crippen LogP contribution in [0.2, 0.25) is 0 Å². The van der Waals surface area contributed by atoms with E-state index in [9.17, 15) is 4.79 Å². The standard InChI is InChI=1S/C17H15NO4S2/c1-9-11(7-15(24-9)17(19)20)16-18-12(8-23-16)10-4-5-13(21-2)14(6-10)22-3/h4-8H,1-3H3,(H,19,20). The third kappa shape index (κ3) is 3.00. The number of hydrogen-bond acceptors (Lipinski definition) is 6. The maximum Gasteiger partial charge on any atom is 0.345 e. The Kier molecular flexibility index (Phi) is 4.55. The highest BCUT2D eigenvalue weighted by molar-refractivity contribution is 7.16. The zero-order valence-corrected chi connectivity index (χ0v) is 15.0. The molecule has 1 N–H and O–H groups in total. The van der Waals surface area contributed by atoms with Gasteiger partial charge in [0.25, 0.3) is 0 Å². The summed E-state index contributed by atoms with van der Waals surface area (Å²) in [6.45, 7) is 1.91. The van der Waals surface area contributed by atoms with Crippen molar-refractivity contribution in [3.63, 3.8) is 0 Å². The Balaban J connectivity index is 1.98. The van der Waals surface area contributed by atoms with Crippen molar-refractivity contribution >= 4 is 28.6 Å². The third-order valence-electron chi connectivity index (χ3n) is 3.54. The van der Waals surface area contributed by atoms with Crippen molar-refractivity contribution in [1.29, 1.82) is 0 Å². The van der Waals surface area contributed by atoms with E-state index in [4.69, 9.17) is 14.6 Å². The highest BCUT2D eigenvalue weighted by Gasteiger charge is 2.16. The lowest BCUT2D eigenvalue weighted by Crippen LogP contribution is -1.91. The first-order valence-electron chi connectivity index (χ1n) is 7.05. The first kappa shape index (κ1) is 16.5. The second-order valence-corrected chi connectivity index (χ2v) is 7.11. The fourth-order valence-electron chi connectivity index (χ4n) is 2.33. The van der Waals surface area contributed by atoms with Crippen molar-refractivity contribution < 1.29 is 19.4 Å². The van der Waals surface area contributed by atoms with E-state index >= 15 is 0 Å². The lowest BCUT2D eigenvalue weighted by atomic mass is 10.1. The number of carboxylic acids is 1. The molecule has 0 saturated heterocycles. The van der Waals surface area contributed by atoms with Crippen molar-refractivity contribution in [2.45, 2.75) is 6.92 Å². The average Bonchev–Trinajstić information content (AvgIpc) is 3.20. The normalized spacial score (nSPS) is 10.6. The number of carbonyl (C=O) groups is 1. The second-order valence-electron chi connectivity index (χ2n) is 4.99. The fourth-order valence-corrected chi connectivity index (χ4v) is 4.15. The maximum absolute atomic E-state index is 11.1. The Hall–Kier alpha value is -2.38. The van der Waals surface area contributed by atoms with Crippen LogP contribution < -0.4 is 9.47 Å². The Bertz CT molecular complexity index is 898. The molecule has 3 aromatic rings. The summed E-state index contributed by atoms with van der Waals surface area (Å²) in [7, 11) is 3.19. The minimum absolute atomic E-state index is 0.324. The van der Waals surface area contributed by atoms with Gasteiger partial charge >= 0.3 is 5.97 Å². The number of hydrogen-bond donors (Lipinski definition) is 1. The van der Waals surface area contributed by atoms with Gasteiger partial charge in [0.15, 0.2) is 11.5 Å². The molecule has 0 unspecified atom stereocenters. The van der Waals surface area contributed by atoms with Crippen molar-refractivity contribution in [2.24, 2.45) is 0 Å². The molecule has 0 amide bonds. The molecule has 0 saturated carbocycles. The van der Waals surface area contributed by atoms with E-state index in [2.05, 4.69) is 4.98 Å². The summed E-state index contributed by atoms with van der Waals surface area (Å²) in [6, 6.07) is 7.31. The smallest absolute Gasteiger partial charge is 0.345 e. The number of methoxy groups -OCH3 is 2. The number of rotatable bonds is 5. The molecule has 0 aliphatic carbocycles. The van der Waals surface area contributed by atoms with Gasteiger partial charge in [-0.2, -0.15) is 0 Å². The SMILES string of the molecule is COc1ccc(-c2csc(-c3cc(C(=O)O)sc3C)n2)cc1OC. The van der Waals surface area contributed by atoms with Crippen LogP contribution in [0.3, 0.4) is 0 Å². The first-order valence-corrected chi connectivity index (χ1v) is 8.75. The molecule has 24 heavy (non-hydrogen) atoms. The zero-order chi connectivity index (χ0) is 17.3. The van der Waals surface area contributed by atoms with Gasteiger partial charge in [0.05, 0.1) is 19.9 Å². The van der Waals surface area contributed by atoms with Crippen molar-refractivity contribution in [3.05, 3.63) is 39.4 Å². The van der Waals surface area contributed by atoms with E-state index in [0.29, 0.717) is 16.4 Å². The van der Waals surface area contributed by atoms with Crippen LogP contribution in [0.4, 0.5) is 0 Å². The summed E-state index contributed by atoms with van der Waals surface area (Å²) in [4.78, 5) is 17.0. The average molecular weight is 361 g/mol. The molecule has 1 aromatic carbocycles. The lowest BCUT2D eigenvalue weighted by Gasteiger charge is -2.08. The summed E-state index contributed by atoms with van der Waals surface area (Å²) in [5.74, 6) is 0.395. The number of carboxylic acid groups (broad SMARTS) is 1. The number of aromatic nitrogens is 1. The van der Waals surface area contributed by atoms with E-state index in [0.717, 1.165) is 26.7 Å². The number of aryl methyl sites for hydroxylation is 1. The second kappa shape index (κ2) is 6.62. The molecule has 124 valence electrons. The van der Waals surface area contributed by atoms with Gasteiger partial charge in [0.1, 0.15) is 9.88 Å². The molecule has 0 fully saturated rings. The summed E-state index contributed by atoms with van der Waals surface area (Å²) in [5, 5.41) is 11.9. The van der Waals surface area contributed by atoms with E-state index in [1.165, 1.54) is 22.7 Å². The van der Waals surface area contributed by atoms with E-state index in [1.807, 2.05) is 30.5 Å². The molecule has 7 heteroatoms. The third-order valence-corrected chi connectivity index (χ3v) is 5.46. The largest absolute Gasteiger partial charge is 0.493 e. The fraction of sp³-hybridized carbons (Fsp3) is 0.176. The molecule has 0 aliphatic heterocycles. The van der Waals surface area contributed by atoms with Gasteiger partial charge in [-0.15, -0.1) is 22.7 Å². The van der Waals surface area contributed by atoms with Crippen molar-refractivity contribution in [3.8, 4) is 33.3 Å². The molecule has 0 spiro atoms. The molecule has 0 bridgehead atoms. The zero-order valence-electron chi connectivity index (χ0n) is 13.3. The number of thiophene rings is 1. The maximum atomic E-state index is 11.1. The van der Waals surface area contributed by atoms with Crippen LogP contribution in [0.5, 0.6) is 11.5 Å². The lowest BCUT2D eigenvalue weighted by molar-refractivity contribution is 0.0702. The van der Waals surface area contributed by atoms with Gasteiger partial charge in [-0.05, 0) is 31.2 Å². The number of ether oxygens (including phenoxy) is 2. The topological polar surface area (TPSA) is 68.7 Å². The minimum atomic E-state index is -0.911. The van der Waals surface area contributed by atoms with Crippen LogP contribution >= 0.6 is 22.7 Å².